The van der Waals surface area contributed by atoms with Crippen LogP contribution in [0.2, 0.25) is 0 Å². The van der Waals surface area contributed by atoms with E-state index < -0.39 is 23.6 Å². The molecule has 1 saturated heterocycles. The Hall–Kier alpha value is -3.88. The molecule has 144 valence electrons. The predicted octanol–water partition coefficient (Wildman–Crippen LogP) is 1.15. The van der Waals surface area contributed by atoms with Crippen LogP contribution in [0.4, 0.5) is 11.4 Å². The number of nitrogens with zero attached hydrogens (tertiary/aromatic N) is 2. The number of nitrogens with two attached hydrogens (primary N) is 1. The van der Waals surface area contributed by atoms with E-state index in [1.807, 2.05) is 0 Å². The summed E-state index contributed by atoms with van der Waals surface area (Å²) in [6.45, 7) is 0. The number of ether oxygens (including phenoxy) is 2. The molecule has 1 aliphatic rings. The average Bonchev–Trinajstić information content (AvgIpc) is 2.98. The van der Waals surface area contributed by atoms with E-state index in [-0.39, 0.29) is 11.4 Å². The second-order valence-corrected chi connectivity index (χ2v) is 5.84. The Morgan fingerprint density at radius 2 is 1.54 bits per heavy atom. The molecule has 9 nitrogen and oxygen atoms in total. The standard InChI is InChI=1S/C19H18N4O5/c1-27-13-7-3-11(4-8-13)21-17(24)15-16(22-20)19(26)23(18(15)25)12-5-9-14(28-2)10-6-12/h3-10,15H,20H2,1-2H3,(H,21,24)/b22-16-/t15-/m1/s1. The zero-order valence-corrected chi connectivity index (χ0v) is 15.2. The minimum Gasteiger partial charge on any atom is -0.497 e. The number of hydrogen-bond acceptors (Lipinski definition) is 7. The summed E-state index contributed by atoms with van der Waals surface area (Å²) in [7, 11) is 3.02. The van der Waals surface area contributed by atoms with Gasteiger partial charge in [-0.05, 0) is 48.5 Å². The van der Waals surface area contributed by atoms with Crippen molar-refractivity contribution in [3.8, 4) is 11.5 Å². The first-order valence-corrected chi connectivity index (χ1v) is 8.25. The van der Waals surface area contributed by atoms with Crippen molar-refractivity contribution in [2.45, 2.75) is 0 Å². The van der Waals surface area contributed by atoms with Gasteiger partial charge >= 0.3 is 0 Å². The van der Waals surface area contributed by atoms with Gasteiger partial charge in [-0.25, -0.2) is 4.90 Å². The third kappa shape index (κ3) is 3.37. The van der Waals surface area contributed by atoms with E-state index in [0.717, 1.165) is 4.90 Å². The molecule has 2 aromatic rings. The second-order valence-electron chi connectivity index (χ2n) is 5.84. The summed E-state index contributed by atoms with van der Waals surface area (Å²) in [6, 6.07) is 12.8. The third-order valence-electron chi connectivity index (χ3n) is 4.25. The van der Waals surface area contributed by atoms with Gasteiger partial charge in [0.1, 0.15) is 17.2 Å². The number of carbonyl (C=O) groups excluding carboxylic acids is 3. The molecule has 0 unspecified atom stereocenters. The topological polar surface area (TPSA) is 123 Å². The van der Waals surface area contributed by atoms with Crippen LogP contribution in [0.15, 0.2) is 53.6 Å². The Kier molecular flexibility index (Phi) is 5.25. The number of hydrazone groups is 1. The quantitative estimate of drug-likeness (QED) is 0.346. The monoisotopic (exact) mass is 382 g/mol. The highest BCUT2D eigenvalue weighted by Crippen LogP contribution is 2.28. The average molecular weight is 382 g/mol. The van der Waals surface area contributed by atoms with Gasteiger partial charge in [0.2, 0.25) is 5.91 Å². The van der Waals surface area contributed by atoms with Gasteiger partial charge in [-0.3, -0.25) is 14.4 Å². The first-order chi connectivity index (χ1) is 13.5. The summed E-state index contributed by atoms with van der Waals surface area (Å²) >= 11 is 0. The highest BCUT2D eigenvalue weighted by molar-refractivity contribution is 6.61. The van der Waals surface area contributed by atoms with Crippen LogP contribution in [0.3, 0.4) is 0 Å². The van der Waals surface area contributed by atoms with Crippen LogP contribution >= 0.6 is 0 Å². The van der Waals surface area contributed by atoms with Gasteiger partial charge in [-0.15, -0.1) is 0 Å². The summed E-state index contributed by atoms with van der Waals surface area (Å²) in [4.78, 5) is 39.0. The first-order valence-electron chi connectivity index (χ1n) is 8.25. The van der Waals surface area contributed by atoms with Gasteiger partial charge in [0.25, 0.3) is 11.8 Å². The first kappa shape index (κ1) is 18.9. The Morgan fingerprint density at radius 3 is 2.04 bits per heavy atom. The minimum atomic E-state index is -1.44. The molecule has 28 heavy (non-hydrogen) atoms. The summed E-state index contributed by atoms with van der Waals surface area (Å²) < 4.78 is 10.1. The molecule has 2 aromatic carbocycles. The molecule has 0 aliphatic carbocycles. The van der Waals surface area contributed by atoms with Crippen molar-refractivity contribution in [1.82, 2.24) is 0 Å². The number of rotatable bonds is 5. The molecule has 9 heteroatoms. The van der Waals surface area contributed by atoms with Gasteiger partial charge in [0, 0.05) is 5.69 Å². The van der Waals surface area contributed by atoms with Gasteiger partial charge in [0.05, 0.1) is 19.9 Å². The van der Waals surface area contributed by atoms with Crippen molar-refractivity contribution in [3.05, 3.63) is 48.5 Å². The van der Waals surface area contributed by atoms with Crippen molar-refractivity contribution >= 4 is 34.8 Å². The fourth-order valence-electron chi connectivity index (χ4n) is 2.81. The molecule has 1 fully saturated rings. The van der Waals surface area contributed by atoms with E-state index in [1.165, 1.54) is 26.4 Å². The molecule has 1 atom stereocenters. The van der Waals surface area contributed by atoms with Crippen molar-refractivity contribution < 1.29 is 23.9 Å². The third-order valence-corrected chi connectivity index (χ3v) is 4.25. The number of carbonyl (C=O) groups is 3. The van der Waals surface area contributed by atoms with Crippen LogP contribution in [-0.2, 0) is 14.4 Å². The molecule has 1 aliphatic heterocycles. The van der Waals surface area contributed by atoms with Crippen molar-refractivity contribution in [2.75, 3.05) is 24.4 Å². The summed E-state index contributed by atoms with van der Waals surface area (Å²) in [5, 5.41) is 5.99. The van der Waals surface area contributed by atoms with Gasteiger partial charge in [-0.2, -0.15) is 5.10 Å². The predicted molar refractivity (Wildman–Crippen MR) is 102 cm³/mol. The fourth-order valence-corrected chi connectivity index (χ4v) is 2.81. The number of amides is 3. The summed E-state index contributed by atoms with van der Waals surface area (Å²) in [5.74, 6) is 2.85. The zero-order valence-electron chi connectivity index (χ0n) is 15.2. The lowest BCUT2D eigenvalue weighted by atomic mass is 10.1. The number of benzene rings is 2. The molecule has 0 bridgehead atoms. The molecule has 0 saturated carbocycles. The molecule has 0 aromatic heterocycles. The maximum Gasteiger partial charge on any atom is 0.282 e. The van der Waals surface area contributed by atoms with Crippen LogP contribution in [0, 0.1) is 5.92 Å². The van der Waals surface area contributed by atoms with Crippen LogP contribution in [0.5, 0.6) is 11.5 Å². The van der Waals surface area contributed by atoms with E-state index in [4.69, 9.17) is 15.3 Å². The van der Waals surface area contributed by atoms with E-state index in [1.54, 1.807) is 36.4 Å². The molecule has 1 heterocycles. The minimum absolute atomic E-state index is 0.289. The normalized spacial score (nSPS) is 17.7. The van der Waals surface area contributed by atoms with Crippen molar-refractivity contribution in [1.29, 1.82) is 0 Å². The lowest BCUT2D eigenvalue weighted by Crippen LogP contribution is -2.34. The van der Waals surface area contributed by atoms with Crippen LogP contribution in [-0.4, -0.2) is 37.7 Å². The molecule has 0 radical (unpaired) electrons. The number of nitrogens with one attached hydrogen (secondary N) is 1. The van der Waals surface area contributed by atoms with E-state index >= 15 is 0 Å². The Balaban J connectivity index is 1.86. The molecular weight excluding hydrogens is 364 g/mol. The lowest BCUT2D eigenvalue weighted by Gasteiger charge is -2.14. The summed E-state index contributed by atoms with van der Waals surface area (Å²) in [6.07, 6.45) is 0. The van der Waals surface area contributed by atoms with E-state index in [0.29, 0.717) is 17.2 Å². The van der Waals surface area contributed by atoms with E-state index in [9.17, 15) is 14.4 Å². The number of methoxy groups -OCH3 is 2. The Labute approximate surface area is 160 Å². The molecule has 3 N–H and O–H groups in total. The number of imide groups is 1. The maximum atomic E-state index is 12.8. The summed E-state index contributed by atoms with van der Waals surface area (Å²) in [5.41, 5.74) is 0.397. The molecular formula is C19H18N4O5. The SMILES string of the molecule is COc1ccc(NC(=O)[C@@H]2C(=O)N(c3ccc(OC)cc3)C(=O)/C2=N\N)cc1. The number of hydrogen-bond donors (Lipinski definition) is 2. The van der Waals surface area contributed by atoms with Crippen molar-refractivity contribution in [3.63, 3.8) is 0 Å². The van der Waals surface area contributed by atoms with Crippen LogP contribution in [0.25, 0.3) is 0 Å². The fraction of sp³-hybridized carbons (Fsp3) is 0.158. The largest absolute Gasteiger partial charge is 0.497 e. The van der Waals surface area contributed by atoms with Gasteiger partial charge in [-0.1, -0.05) is 0 Å². The Morgan fingerprint density at radius 1 is 1.00 bits per heavy atom. The Bertz CT molecular complexity index is 938. The molecule has 3 rings (SSSR count). The van der Waals surface area contributed by atoms with Crippen molar-refractivity contribution in [2.24, 2.45) is 16.9 Å². The number of anilines is 2. The molecule has 3 amide bonds. The maximum absolute atomic E-state index is 12.8. The van der Waals surface area contributed by atoms with Crippen LogP contribution < -0.4 is 25.5 Å². The van der Waals surface area contributed by atoms with Crippen LogP contribution in [0.1, 0.15) is 0 Å². The highest BCUT2D eigenvalue weighted by Gasteiger charge is 2.49. The zero-order chi connectivity index (χ0) is 20.3. The molecule has 0 spiro atoms. The van der Waals surface area contributed by atoms with E-state index in [2.05, 4.69) is 10.4 Å². The second kappa shape index (κ2) is 7.78. The van der Waals surface area contributed by atoms with Gasteiger partial charge < -0.3 is 20.6 Å². The highest BCUT2D eigenvalue weighted by atomic mass is 16.5. The lowest BCUT2D eigenvalue weighted by molar-refractivity contribution is -0.127. The smallest absolute Gasteiger partial charge is 0.282 e. The van der Waals surface area contributed by atoms with Gasteiger partial charge in [0.15, 0.2) is 5.92 Å².